The second kappa shape index (κ2) is 9.55. The highest BCUT2D eigenvalue weighted by Gasteiger charge is 2.09. The molecule has 1 aromatic heterocycles. The van der Waals surface area contributed by atoms with Crippen LogP contribution in [0.3, 0.4) is 0 Å². The monoisotopic (exact) mass is 364 g/mol. The average molecular weight is 364 g/mol. The first-order valence-corrected chi connectivity index (χ1v) is 7.97. The Labute approximate surface area is 151 Å². The van der Waals surface area contributed by atoms with E-state index in [4.69, 9.17) is 4.74 Å². The quantitative estimate of drug-likeness (QED) is 0.605. The number of hydrogen-bond acceptors (Lipinski definition) is 4. The highest BCUT2D eigenvalue weighted by atomic mass is 19.3. The molecule has 0 saturated carbocycles. The zero-order chi connectivity index (χ0) is 18.9. The highest BCUT2D eigenvalue weighted by molar-refractivity contribution is 5.79. The molecule has 8 heteroatoms. The fourth-order valence-electron chi connectivity index (χ4n) is 2.35. The van der Waals surface area contributed by atoms with Gasteiger partial charge in [-0.1, -0.05) is 18.2 Å². The third kappa shape index (κ3) is 5.87. The van der Waals surface area contributed by atoms with E-state index in [1.807, 2.05) is 24.1 Å². The zero-order valence-electron chi connectivity index (χ0n) is 14.9. The van der Waals surface area contributed by atoms with Crippen molar-refractivity contribution in [3.05, 3.63) is 53.7 Å². The summed E-state index contributed by atoms with van der Waals surface area (Å²) < 4.78 is 33.8. The van der Waals surface area contributed by atoms with Crippen LogP contribution in [0.1, 0.15) is 11.3 Å². The van der Waals surface area contributed by atoms with E-state index in [2.05, 4.69) is 20.0 Å². The van der Waals surface area contributed by atoms with E-state index in [-0.39, 0.29) is 5.75 Å². The van der Waals surface area contributed by atoms with Gasteiger partial charge in [-0.15, -0.1) is 0 Å². The third-order valence-corrected chi connectivity index (χ3v) is 3.56. The number of halogens is 2. The summed E-state index contributed by atoms with van der Waals surface area (Å²) >= 11 is 0. The van der Waals surface area contributed by atoms with Crippen molar-refractivity contribution < 1.29 is 18.3 Å². The van der Waals surface area contributed by atoms with Crippen molar-refractivity contribution in [2.45, 2.75) is 19.7 Å². The lowest BCUT2D eigenvalue weighted by Gasteiger charge is -2.22. The second-order valence-electron chi connectivity index (χ2n) is 5.45. The lowest BCUT2D eigenvalue weighted by Crippen LogP contribution is -2.38. The van der Waals surface area contributed by atoms with Gasteiger partial charge in [0.2, 0.25) is 5.88 Å². The molecular formula is C18H22F2N4O2. The van der Waals surface area contributed by atoms with Gasteiger partial charge in [-0.2, -0.15) is 8.78 Å². The molecule has 140 valence electrons. The molecule has 1 N–H and O–H groups in total. The summed E-state index contributed by atoms with van der Waals surface area (Å²) in [6, 6.07) is 12.1. The van der Waals surface area contributed by atoms with Gasteiger partial charge in [0.25, 0.3) is 0 Å². The van der Waals surface area contributed by atoms with E-state index in [1.165, 1.54) is 12.1 Å². The average Bonchev–Trinajstić information content (AvgIpc) is 2.63. The van der Waals surface area contributed by atoms with Gasteiger partial charge in [0, 0.05) is 26.7 Å². The Morgan fingerprint density at radius 3 is 2.58 bits per heavy atom. The number of aromatic nitrogens is 1. The number of rotatable bonds is 7. The van der Waals surface area contributed by atoms with Crippen molar-refractivity contribution >= 4 is 5.96 Å². The minimum Gasteiger partial charge on any atom is -0.481 e. The highest BCUT2D eigenvalue weighted by Crippen LogP contribution is 2.15. The number of pyridine rings is 1. The van der Waals surface area contributed by atoms with Gasteiger partial charge in [-0.25, -0.2) is 4.98 Å². The van der Waals surface area contributed by atoms with Gasteiger partial charge in [-0.05, 0) is 23.8 Å². The molecule has 0 aliphatic heterocycles. The molecule has 0 saturated heterocycles. The van der Waals surface area contributed by atoms with Crippen molar-refractivity contribution in [2.24, 2.45) is 4.99 Å². The Balaban J connectivity index is 1.92. The topological polar surface area (TPSA) is 59.0 Å². The van der Waals surface area contributed by atoms with Gasteiger partial charge >= 0.3 is 6.61 Å². The number of guanidine groups is 1. The van der Waals surface area contributed by atoms with Crippen LogP contribution in [0.2, 0.25) is 0 Å². The van der Waals surface area contributed by atoms with Crippen LogP contribution < -0.4 is 14.8 Å². The molecule has 0 amide bonds. The smallest absolute Gasteiger partial charge is 0.387 e. The van der Waals surface area contributed by atoms with Gasteiger partial charge in [0.05, 0.1) is 19.3 Å². The molecule has 2 rings (SSSR count). The summed E-state index contributed by atoms with van der Waals surface area (Å²) in [5, 5.41) is 3.23. The van der Waals surface area contributed by atoms with Crippen LogP contribution in [0.4, 0.5) is 8.78 Å². The maximum atomic E-state index is 12.2. The van der Waals surface area contributed by atoms with E-state index in [1.54, 1.807) is 32.4 Å². The number of benzene rings is 1. The maximum Gasteiger partial charge on any atom is 0.387 e. The Kier molecular flexibility index (Phi) is 7.13. The number of alkyl halides is 2. The first-order valence-electron chi connectivity index (χ1n) is 7.97. The molecule has 6 nitrogen and oxygen atoms in total. The lowest BCUT2D eigenvalue weighted by atomic mass is 10.2. The zero-order valence-corrected chi connectivity index (χ0v) is 14.9. The molecule has 0 bridgehead atoms. The molecule has 0 aliphatic rings. The van der Waals surface area contributed by atoms with E-state index < -0.39 is 6.61 Å². The van der Waals surface area contributed by atoms with Crippen LogP contribution in [0.25, 0.3) is 0 Å². The number of hydrogen-bond donors (Lipinski definition) is 1. The SMILES string of the molecule is CN=C(NCc1cccc(OC)n1)N(C)Cc1ccc(OC(F)F)cc1. The molecule has 0 atom stereocenters. The summed E-state index contributed by atoms with van der Waals surface area (Å²) in [4.78, 5) is 10.5. The van der Waals surface area contributed by atoms with Crippen molar-refractivity contribution in [3.63, 3.8) is 0 Å². The predicted octanol–water partition coefficient (Wildman–Crippen LogP) is 2.90. The summed E-state index contributed by atoms with van der Waals surface area (Å²) in [6.07, 6.45) is 0. The molecule has 0 spiro atoms. The minimum absolute atomic E-state index is 0.137. The Morgan fingerprint density at radius 2 is 1.96 bits per heavy atom. The Hall–Kier alpha value is -2.90. The molecule has 0 unspecified atom stereocenters. The standard InChI is InChI=1S/C18H22F2N4O2/c1-21-18(22-11-14-5-4-6-16(23-14)25-3)24(2)12-13-7-9-15(10-8-13)26-17(19)20/h4-10,17H,11-12H2,1-3H3,(H,21,22). The molecule has 1 aromatic carbocycles. The van der Waals surface area contributed by atoms with Gasteiger partial charge < -0.3 is 19.7 Å². The number of ether oxygens (including phenoxy) is 2. The van der Waals surface area contributed by atoms with Crippen LogP contribution in [0.5, 0.6) is 11.6 Å². The van der Waals surface area contributed by atoms with E-state index in [0.717, 1.165) is 11.3 Å². The summed E-state index contributed by atoms with van der Waals surface area (Å²) in [5.74, 6) is 1.37. The van der Waals surface area contributed by atoms with Crippen LogP contribution in [-0.4, -0.2) is 43.7 Å². The second-order valence-corrected chi connectivity index (χ2v) is 5.45. The first kappa shape index (κ1) is 19.4. The Morgan fingerprint density at radius 1 is 1.23 bits per heavy atom. The molecule has 2 aromatic rings. The summed E-state index contributed by atoms with van der Waals surface area (Å²) in [6.45, 7) is -1.77. The van der Waals surface area contributed by atoms with Crippen molar-refractivity contribution in [2.75, 3.05) is 21.2 Å². The van der Waals surface area contributed by atoms with E-state index in [9.17, 15) is 8.78 Å². The molecule has 26 heavy (non-hydrogen) atoms. The predicted molar refractivity (Wildman–Crippen MR) is 95.5 cm³/mol. The maximum absolute atomic E-state index is 12.2. The van der Waals surface area contributed by atoms with Crippen LogP contribution in [-0.2, 0) is 13.1 Å². The van der Waals surface area contributed by atoms with Crippen molar-refractivity contribution in [3.8, 4) is 11.6 Å². The van der Waals surface area contributed by atoms with E-state index in [0.29, 0.717) is 24.9 Å². The van der Waals surface area contributed by atoms with Gasteiger partial charge in [-0.3, -0.25) is 4.99 Å². The van der Waals surface area contributed by atoms with Gasteiger partial charge in [0.15, 0.2) is 5.96 Å². The number of methoxy groups -OCH3 is 1. The van der Waals surface area contributed by atoms with Gasteiger partial charge in [0.1, 0.15) is 5.75 Å². The largest absolute Gasteiger partial charge is 0.481 e. The summed E-state index contributed by atoms with van der Waals surface area (Å²) in [5.41, 5.74) is 1.77. The molecule has 0 radical (unpaired) electrons. The number of nitrogens with zero attached hydrogens (tertiary/aromatic N) is 3. The minimum atomic E-state index is -2.82. The third-order valence-electron chi connectivity index (χ3n) is 3.56. The molecule has 0 aliphatic carbocycles. The fraction of sp³-hybridized carbons (Fsp3) is 0.333. The van der Waals surface area contributed by atoms with Crippen LogP contribution in [0, 0.1) is 0 Å². The molecular weight excluding hydrogens is 342 g/mol. The molecule has 0 fully saturated rings. The number of nitrogens with one attached hydrogen (secondary N) is 1. The molecule has 1 heterocycles. The lowest BCUT2D eigenvalue weighted by molar-refractivity contribution is -0.0498. The van der Waals surface area contributed by atoms with Crippen molar-refractivity contribution in [1.82, 2.24) is 15.2 Å². The van der Waals surface area contributed by atoms with Crippen LogP contribution in [0.15, 0.2) is 47.5 Å². The van der Waals surface area contributed by atoms with Crippen molar-refractivity contribution in [1.29, 1.82) is 0 Å². The van der Waals surface area contributed by atoms with Crippen LogP contribution >= 0.6 is 0 Å². The number of aliphatic imine (C=N–C) groups is 1. The van der Waals surface area contributed by atoms with E-state index >= 15 is 0 Å². The fourth-order valence-corrected chi connectivity index (χ4v) is 2.35. The summed E-state index contributed by atoms with van der Waals surface area (Å²) in [7, 11) is 5.15. The normalized spacial score (nSPS) is 11.4. The Bertz CT molecular complexity index is 723. The first-order chi connectivity index (χ1) is 12.5.